The van der Waals surface area contributed by atoms with E-state index in [-0.39, 0.29) is 11.6 Å². The van der Waals surface area contributed by atoms with Crippen LogP contribution in [-0.2, 0) is 5.54 Å². The van der Waals surface area contributed by atoms with Gasteiger partial charge in [-0.15, -0.1) is 0 Å². The van der Waals surface area contributed by atoms with Gasteiger partial charge in [0.15, 0.2) is 0 Å². The highest BCUT2D eigenvalue weighted by atomic mass is 16.2. The fraction of sp³-hybridized carbons (Fsp3) is 0.278. The summed E-state index contributed by atoms with van der Waals surface area (Å²) < 4.78 is 0. The predicted octanol–water partition coefficient (Wildman–Crippen LogP) is 4.28. The lowest BCUT2D eigenvalue weighted by atomic mass is 9.88. The first kappa shape index (κ1) is 13.7. The summed E-state index contributed by atoms with van der Waals surface area (Å²) in [7, 11) is 0. The van der Waals surface area contributed by atoms with E-state index in [0.29, 0.717) is 0 Å². The highest BCUT2D eigenvalue weighted by molar-refractivity contribution is 5.89. The number of rotatable bonds is 3. The molecule has 0 bridgehead atoms. The van der Waals surface area contributed by atoms with Gasteiger partial charge in [0.25, 0.3) is 0 Å². The zero-order chi connectivity index (χ0) is 14.5. The summed E-state index contributed by atoms with van der Waals surface area (Å²) in [6.45, 7) is 0. The van der Waals surface area contributed by atoms with Crippen molar-refractivity contribution in [3.05, 3.63) is 66.2 Å². The Morgan fingerprint density at radius 1 is 0.857 bits per heavy atom. The first-order valence-corrected chi connectivity index (χ1v) is 7.48. The second-order valence-corrected chi connectivity index (χ2v) is 5.60. The number of carbonyl (C=O) groups excluding carboxylic acids is 1. The number of benzene rings is 2. The normalized spacial score (nSPS) is 16.4. The van der Waals surface area contributed by atoms with Crippen molar-refractivity contribution in [1.29, 1.82) is 0 Å². The van der Waals surface area contributed by atoms with Crippen LogP contribution >= 0.6 is 0 Å². The van der Waals surface area contributed by atoms with Gasteiger partial charge in [0.05, 0.1) is 5.54 Å². The van der Waals surface area contributed by atoms with Crippen LogP contribution in [0.5, 0.6) is 0 Å². The van der Waals surface area contributed by atoms with Gasteiger partial charge in [-0.05, 0) is 30.5 Å². The van der Waals surface area contributed by atoms with Gasteiger partial charge in [-0.25, -0.2) is 4.79 Å². The van der Waals surface area contributed by atoms with E-state index < -0.39 is 0 Å². The molecule has 0 unspecified atom stereocenters. The molecule has 0 saturated heterocycles. The Bertz CT molecular complexity index is 589. The van der Waals surface area contributed by atoms with Crippen molar-refractivity contribution in [3.8, 4) is 0 Å². The van der Waals surface area contributed by atoms with Gasteiger partial charge in [-0.3, -0.25) is 0 Å². The monoisotopic (exact) mass is 280 g/mol. The zero-order valence-corrected chi connectivity index (χ0v) is 12.0. The molecule has 0 aromatic heterocycles. The molecule has 1 aliphatic rings. The van der Waals surface area contributed by atoms with Crippen molar-refractivity contribution in [2.75, 3.05) is 5.32 Å². The van der Waals surface area contributed by atoms with Crippen molar-refractivity contribution >= 4 is 11.7 Å². The molecule has 2 N–H and O–H groups in total. The summed E-state index contributed by atoms with van der Waals surface area (Å²) in [6.07, 6.45) is 4.31. The Hall–Kier alpha value is -2.29. The molecule has 0 spiro atoms. The van der Waals surface area contributed by atoms with Crippen LogP contribution in [-0.4, -0.2) is 6.03 Å². The number of para-hydroxylation sites is 1. The van der Waals surface area contributed by atoms with Gasteiger partial charge in [-0.1, -0.05) is 61.4 Å². The average Bonchev–Trinajstić information content (AvgIpc) is 2.99. The number of hydrogen-bond acceptors (Lipinski definition) is 1. The molecule has 0 atom stereocenters. The second kappa shape index (κ2) is 6.00. The molecule has 0 radical (unpaired) electrons. The maximum Gasteiger partial charge on any atom is 0.319 e. The van der Waals surface area contributed by atoms with E-state index in [9.17, 15) is 4.79 Å². The average molecular weight is 280 g/mol. The van der Waals surface area contributed by atoms with Crippen molar-refractivity contribution in [3.63, 3.8) is 0 Å². The molecular formula is C18H20N2O. The SMILES string of the molecule is O=C(Nc1ccccc1)NC1(c2ccccc2)CCCC1. The Kier molecular flexibility index (Phi) is 3.91. The van der Waals surface area contributed by atoms with E-state index in [4.69, 9.17) is 0 Å². The van der Waals surface area contributed by atoms with Gasteiger partial charge >= 0.3 is 6.03 Å². The van der Waals surface area contributed by atoms with Crippen molar-refractivity contribution in [1.82, 2.24) is 5.32 Å². The number of amides is 2. The van der Waals surface area contributed by atoms with Gasteiger partial charge in [0.1, 0.15) is 0 Å². The minimum Gasteiger partial charge on any atom is -0.328 e. The number of hydrogen-bond donors (Lipinski definition) is 2. The third-order valence-electron chi connectivity index (χ3n) is 4.17. The van der Waals surface area contributed by atoms with Crippen molar-refractivity contribution in [2.45, 2.75) is 31.2 Å². The lowest BCUT2D eigenvalue weighted by Crippen LogP contribution is -2.45. The summed E-state index contributed by atoms with van der Waals surface area (Å²) in [6, 6.07) is 19.7. The van der Waals surface area contributed by atoms with Crippen LogP contribution in [0.15, 0.2) is 60.7 Å². The maximum atomic E-state index is 12.3. The molecule has 2 amide bonds. The fourth-order valence-electron chi connectivity index (χ4n) is 3.12. The summed E-state index contributed by atoms with van der Waals surface area (Å²) >= 11 is 0. The molecule has 3 rings (SSSR count). The lowest BCUT2D eigenvalue weighted by molar-refractivity contribution is 0.236. The molecule has 108 valence electrons. The number of urea groups is 1. The van der Waals surface area contributed by atoms with Crippen molar-refractivity contribution in [2.24, 2.45) is 0 Å². The Morgan fingerprint density at radius 3 is 2.05 bits per heavy atom. The van der Waals surface area contributed by atoms with Crippen LogP contribution in [0.3, 0.4) is 0 Å². The standard InChI is InChI=1S/C18H20N2O/c21-17(19-16-11-5-2-6-12-16)20-18(13-7-8-14-18)15-9-3-1-4-10-15/h1-6,9-12H,7-8,13-14H2,(H2,19,20,21). The summed E-state index contributed by atoms with van der Waals surface area (Å²) in [4.78, 5) is 12.3. The van der Waals surface area contributed by atoms with Crippen LogP contribution in [0.1, 0.15) is 31.2 Å². The summed E-state index contributed by atoms with van der Waals surface area (Å²) in [5.74, 6) is 0. The smallest absolute Gasteiger partial charge is 0.319 e. The highest BCUT2D eigenvalue weighted by Crippen LogP contribution is 2.38. The first-order valence-electron chi connectivity index (χ1n) is 7.48. The number of carbonyl (C=O) groups is 1. The minimum absolute atomic E-state index is 0.132. The van der Waals surface area contributed by atoms with Crippen molar-refractivity contribution < 1.29 is 4.79 Å². The molecule has 21 heavy (non-hydrogen) atoms. The van der Waals surface area contributed by atoms with Crippen LogP contribution < -0.4 is 10.6 Å². The predicted molar refractivity (Wildman–Crippen MR) is 85.2 cm³/mol. The highest BCUT2D eigenvalue weighted by Gasteiger charge is 2.36. The maximum absolute atomic E-state index is 12.3. The zero-order valence-electron chi connectivity index (χ0n) is 12.0. The molecule has 2 aromatic rings. The Balaban J connectivity index is 1.75. The quantitative estimate of drug-likeness (QED) is 0.865. The lowest BCUT2D eigenvalue weighted by Gasteiger charge is -2.31. The van der Waals surface area contributed by atoms with Crippen LogP contribution in [0.25, 0.3) is 0 Å². The Labute approximate surface area is 125 Å². The first-order chi connectivity index (χ1) is 10.3. The van der Waals surface area contributed by atoms with E-state index >= 15 is 0 Å². The third kappa shape index (κ3) is 3.07. The molecule has 1 saturated carbocycles. The topological polar surface area (TPSA) is 41.1 Å². The number of anilines is 1. The summed E-state index contributed by atoms with van der Waals surface area (Å²) in [5.41, 5.74) is 1.79. The molecule has 2 aromatic carbocycles. The van der Waals surface area contributed by atoms with Gasteiger partial charge in [0, 0.05) is 5.69 Å². The Morgan fingerprint density at radius 2 is 1.43 bits per heavy atom. The minimum atomic E-state index is -0.222. The van der Waals surface area contributed by atoms with E-state index in [1.165, 1.54) is 5.56 Å². The van der Waals surface area contributed by atoms with E-state index in [0.717, 1.165) is 31.4 Å². The molecule has 3 nitrogen and oxygen atoms in total. The van der Waals surface area contributed by atoms with Crippen LogP contribution in [0.2, 0.25) is 0 Å². The largest absolute Gasteiger partial charge is 0.328 e. The summed E-state index contributed by atoms with van der Waals surface area (Å²) in [5, 5.41) is 6.12. The van der Waals surface area contributed by atoms with Crippen LogP contribution in [0.4, 0.5) is 10.5 Å². The van der Waals surface area contributed by atoms with Crippen LogP contribution in [0, 0.1) is 0 Å². The van der Waals surface area contributed by atoms with Gasteiger partial charge < -0.3 is 10.6 Å². The fourth-order valence-corrected chi connectivity index (χ4v) is 3.12. The molecule has 3 heteroatoms. The number of nitrogens with one attached hydrogen (secondary N) is 2. The molecule has 1 fully saturated rings. The van der Waals surface area contributed by atoms with E-state index in [1.807, 2.05) is 48.5 Å². The molecule has 0 aliphatic heterocycles. The van der Waals surface area contributed by atoms with Gasteiger partial charge in [0.2, 0.25) is 0 Å². The molecule has 0 heterocycles. The van der Waals surface area contributed by atoms with E-state index in [2.05, 4.69) is 22.8 Å². The van der Waals surface area contributed by atoms with E-state index in [1.54, 1.807) is 0 Å². The second-order valence-electron chi connectivity index (χ2n) is 5.60. The van der Waals surface area contributed by atoms with Gasteiger partial charge in [-0.2, -0.15) is 0 Å². The molecular weight excluding hydrogens is 260 g/mol. The molecule has 1 aliphatic carbocycles. The third-order valence-corrected chi connectivity index (χ3v) is 4.17.